The van der Waals surface area contributed by atoms with E-state index >= 15 is 0 Å². The number of allylic oxidation sites excluding steroid dienone is 4. The molecule has 0 spiro atoms. The molecular weight excluding hydrogens is 703 g/mol. The number of fused-ring (bicyclic) bond motifs is 3. The molecule has 0 aromatic heterocycles. The molecule has 48 heavy (non-hydrogen) atoms. The molecule has 252 valence electrons. The van der Waals surface area contributed by atoms with Crippen LogP contribution < -0.4 is 24.8 Å². The molecule has 5 aromatic rings. The van der Waals surface area contributed by atoms with Gasteiger partial charge in [0.1, 0.15) is 0 Å². The summed E-state index contributed by atoms with van der Waals surface area (Å²) in [5.74, 6) is 0.634. The Bertz CT molecular complexity index is 1700. The van der Waals surface area contributed by atoms with Crippen LogP contribution in [0.25, 0.3) is 21.5 Å². The first kappa shape index (κ1) is 41.7. The van der Waals surface area contributed by atoms with E-state index in [1.165, 1.54) is 96.1 Å². The first-order chi connectivity index (χ1) is 21.9. The zero-order valence-electron chi connectivity index (χ0n) is 30.3. The van der Waals surface area contributed by atoms with Crippen molar-refractivity contribution in [1.82, 2.24) is 0 Å². The summed E-state index contributed by atoms with van der Waals surface area (Å²) in [6, 6.07) is 37.3. The molecule has 0 fully saturated rings. The van der Waals surface area contributed by atoms with Gasteiger partial charge in [-0.25, -0.2) is 6.08 Å². The van der Waals surface area contributed by atoms with Crippen LogP contribution in [0.5, 0.6) is 0 Å². The number of benzene rings is 4. The van der Waals surface area contributed by atoms with E-state index in [1.54, 1.807) is 5.57 Å². The Kier molecular flexibility index (Phi) is 16.1. The fourth-order valence-electron chi connectivity index (χ4n) is 6.12. The van der Waals surface area contributed by atoms with Gasteiger partial charge in [-0.15, -0.1) is 39.7 Å². The molecule has 0 radical (unpaired) electrons. The van der Waals surface area contributed by atoms with Gasteiger partial charge >= 0.3 is 99.2 Å². The molecule has 1 atom stereocenters. The van der Waals surface area contributed by atoms with Gasteiger partial charge in [-0.3, -0.25) is 6.08 Å². The quantitative estimate of drug-likeness (QED) is 0.177. The summed E-state index contributed by atoms with van der Waals surface area (Å²) in [6.07, 6.45) is 9.18. The summed E-state index contributed by atoms with van der Waals surface area (Å²) in [4.78, 5) is 0. The second-order valence-electron chi connectivity index (χ2n) is 14.4. The summed E-state index contributed by atoms with van der Waals surface area (Å²) < 4.78 is 1.42. The van der Waals surface area contributed by atoms with Gasteiger partial charge in [0.25, 0.3) is 0 Å². The number of hydrogen-bond acceptors (Lipinski definition) is 0. The Morgan fingerprint density at radius 1 is 0.646 bits per heavy atom. The monoisotopic (exact) mass is 752 g/mol. The fourth-order valence-corrected chi connectivity index (χ4v) is 6.94. The van der Waals surface area contributed by atoms with Gasteiger partial charge in [-0.2, -0.15) is 11.1 Å². The second kappa shape index (κ2) is 18.5. The third kappa shape index (κ3) is 10.5. The number of rotatable bonds is 5. The third-order valence-corrected chi connectivity index (χ3v) is 10.4. The molecular formula is C45H52Cl2Zr-2. The Labute approximate surface area is 318 Å². The molecule has 0 aliphatic heterocycles. The van der Waals surface area contributed by atoms with E-state index in [-0.39, 0.29) is 35.6 Å². The first-order valence-corrected chi connectivity index (χ1v) is 18.2. The van der Waals surface area contributed by atoms with Crippen LogP contribution in [-0.4, -0.2) is 3.21 Å². The van der Waals surface area contributed by atoms with Gasteiger partial charge in [0.2, 0.25) is 0 Å². The maximum absolute atomic E-state index is 3.41. The van der Waals surface area contributed by atoms with Crippen LogP contribution in [0.3, 0.4) is 0 Å². The molecule has 6 rings (SSSR count). The predicted octanol–water partition coefficient (Wildman–Crippen LogP) is 6.62. The molecule has 1 unspecified atom stereocenters. The molecule has 0 saturated heterocycles. The van der Waals surface area contributed by atoms with Gasteiger partial charge < -0.3 is 24.8 Å². The van der Waals surface area contributed by atoms with Crippen molar-refractivity contribution in [3.8, 4) is 0 Å². The predicted molar refractivity (Wildman–Crippen MR) is 200 cm³/mol. The summed E-state index contributed by atoms with van der Waals surface area (Å²) in [5.41, 5.74) is 9.02. The van der Waals surface area contributed by atoms with Gasteiger partial charge in [0.15, 0.2) is 0 Å². The minimum absolute atomic E-state index is 0. The van der Waals surface area contributed by atoms with E-state index in [4.69, 9.17) is 0 Å². The molecule has 1 aliphatic carbocycles. The van der Waals surface area contributed by atoms with Crippen molar-refractivity contribution in [2.75, 3.05) is 0 Å². The topological polar surface area (TPSA) is 0 Å². The zero-order chi connectivity index (χ0) is 33.5. The van der Waals surface area contributed by atoms with Crippen molar-refractivity contribution in [3.63, 3.8) is 0 Å². The molecule has 0 heterocycles. The average Bonchev–Trinajstić information content (AvgIpc) is 3.64. The third-order valence-electron chi connectivity index (χ3n) is 9.02. The Morgan fingerprint density at radius 3 is 1.44 bits per heavy atom. The number of hydrogen-bond donors (Lipinski definition) is 0. The zero-order valence-corrected chi connectivity index (χ0v) is 34.3. The van der Waals surface area contributed by atoms with Crippen LogP contribution in [0.15, 0.2) is 120 Å². The van der Waals surface area contributed by atoms with E-state index in [0.29, 0.717) is 5.92 Å². The van der Waals surface area contributed by atoms with Gasteiger partial charge in [0.05, 0.1) is 0 Å². The van der Waals surface area contributed by atoms with E-state index in [0.717, 1.165) is 0 Å². The summed E-state index contributed by atoms with van der Waals surface area (Å²) in [7, 11) is 0. The molecule has 5 aromatic carbocycles. The van der Waals surface area contributed by atoms with E-state index in [9.17, 15) is 0 Å². The Hall–Kier alpha value is -2.44. The maximum atomic E-state index is 3.41. The standard InChI is InChI=1S/C21H25.C13H10.C11H17.2ClH.Zr/c1-20(2,3)16-7-9-18-14(12-16)11-15-13-17(21(4,5)6)8-10-19(15)18;1-3-7-12(8-4-1)11-13-9-5-2-6-10-13;1-4-9-7-8-10(5-2)11(9)6-3;;;/h7-13H,1-6H3;1-10H;7,10H,4-6H2,1-3H3;2*1H;/q-1;;-1;;;+2/p-2. The van der Waals surface area contributed by atoms with Crippen LogP contribution in [-0.2, 0) is 35.1 Å². The molecule has 1 aliphatic rings. The second-order valence-corrected chi connectivity index (χ2v) is 15.6. The van der Waals surface area contributed by atoms with Crippen LogP contribution in [0.4, 0.5) is 0 Å². The summed E-state index contributed by atoms with van der Waals surface area (Å²) in [5, 5.41) is 5.48. The molecule has 0 nitrogen and oxygen atoms in total. The van der Waals surface area contributed by atoms with Crippen molar-refractivity contribution >= 4 is 24.8 Å². The van der Waals surface area contributed by atoms with E-state index in [1.807, 2.05) is 0 Å². The van der Waals surface area contributed by atoms with Crippen LogP contribution in [0, 0.1) is 12.0 Å². The SMILES string of the molecule is CC(C)(C)c1ccc2c(c1)[cH-]c1cc(C(C)(C)C)ccc12.CCC1=C(CC)C(CC)[C-]=C1.[Cl-].[Cl-].[Zr+2]=[C](c1ccccc1)c1ccccc1. The van der Waals surface area contributed by atoms with E-state index in [2.05, 4.69) is 178 Å². The number of halogens is 2. The van der Waals surface area contributed by atoms with E-state index < -0.39 is 0 Å². The summed E-state index contributed by atoms with van der Waals surface area (Å²) in [6.45, 7) is 20.3. The van der Waals surface area contributed by atoms with Crippen LogP contribution in [0.2, 0.25) is 0 Å². The molecule has 3 heteroatoms. The molecule has 0 bridgehead atoms. The summed E-state index contributed by atoms with van der Waals surface area (Å²) >= 11 is 1.46. The van der Waals surface area contributed by atoms with Crippen molar-refractivity contribution < 1.29 is 49.0 Å². The van der Waals surface area contributed by atoms with Gasteiger partial charge in [-0.05, 0) is 10.8 Å². The van der Waals surface area contributed by atoms with Gasteiger partial charge in [-0.1, -0.05) is 123 Å². The normalized spacial score (nSPS) is 14.0. The Morgan fingerprint density at radius 2 is 1.08 bits per heavy atom. The Balaban J connectivity index is 0.000000260. The molecule has 0 amide bonds. The van der Waals surface area contributed by atoms with Crippen molar-refractivity contribution in [3.05, 3.63) is 149 Å². The fraction of sp³-hybridized carbons (Fsp3) is 0.333. The van der Waals surface area contributed by atoms with Gasteiger partial charge in [0, 0.05) is 0 Å². The van der Waals surface area contributed by atoms with Crippen LogP contribution in [0.1, 0.15) is 104 Å². The molecule has 0 saturated carbocycles. The van der Waals surface area contributed by atoms with Crippen molar-refractivity contribution in [1.29, 1.82) is 0 Å². The first-order valence-electron chi connectivity index (χ1n) is 17.0. The van der Waals surface area contributed by atoms with Crippen molar-refractivity contribution in [2.24, 2.45) is 5.92 Å². The molecule has 0 N–H and O–H groups in total. The van der Waals surface area contributed by atoms with Crippen LogP contribution >= 0.6 is 0 Å². The van der Waals surface area contributed by atoms with Crippen molar-refractivity contribution in [2.45, 2.75) is 92.4 Å². The minimum atomic E-state index is 0. The average molecular weight is 755 g/mol.